The van der Waals surface area contributed by atoms with Crippen LogP contribution in [0.15, 0.2) is 78.9 Å². The predicted molar refractivity (Wildman–Crippen MR) is 91.0 cm³/mol. The highest BCUT2D eigenvalue weighted by molar-refractivity contribution is 5.54. The third-order valence-corrected chi connectivity index (χ3v) is 4.40. The topological polar surface area (TPSA) is 29.5 Å². The summed E-state index contributed by atoms with van der Waals surface area (Å²) in [5, 5.41) is 11.0. The predicted octanol–water partition coefficient (Wildman–Crippen LogP) is 4.53. The highest BCUT2D eigenvalue weighted by atomic mass is 16.5. The molecule has 0 saturated heterocycles. The van der Waals surface area contributed by atoms with Gasteiger partial charge in [0.1, 0.15) is 11.5 Å². The maximum Gasteiger partial charge on any atom is 0.131 e. The summed E-state index contributed by atoms with van der Waals surface area (Å²) in [7, 11) is 0. The SMILES string of the molecule is OC(Cc1ccccc1)C1c2ccccc2Oc2ccccc21. The molecule has 1 atom stereocenters. The molecule has 0 amide bonds. The van der Waals surface area contributed by atoms with E-state index in [-0.39, 0.29) is 5.92 Å². The third-order valence-electron chi connectivity index (χ3n) is 4.40. The van der Waals surface area contributed by atoms with Gasteiger partial charge in [-0.05, 0) is 24.1 Å². The van der Waals surface area contributed by atoms with E-state index in [1.54, 1.807) is 0 Å². The van der Waals surface area contributed by atoms with Crippen LogP contribution < -0.4 is 4.74 Å². The summed E-state index contributed by atoms with van der Waals surface area (Å²) in [6.07, 6.45) is 0.123. The van der Waals surface area contributed by atoms with Gasteiger partial charge in [0.25, 0.3) is 0 Å². The maximum atomic E-state index is 11.0. The average Bonchev–Trinajstić information content (AvgIpc) is 2.60. The summed E-state index contributed by atoms with van der Waals surface area (Å²) in [6, 6.07) is 26.1. The average molecular weight is 302 g/mol. The first-order chi connectivity index (χ1) is 11.3. The van der Waals surface area contributed by atoms with Gasteiger partial charge in [0.05, 0.1) is 6.10 Å². The fourth-order valence-electron chi connectivity index (χ4n) is 3.33. The Labute approximate surface area is 136 Å². The minimum Gasteiger partial charge on any atom is -0.457 e. The quantitative estimate of drug-likeness (QED) is 0.770. The lowest BCUT2D eigenvalue weighted by Gasteiger charge is -2.31. The van der Waals surface area contributed by atoms with Crippen molar-refractivity contribution in [2.75, 3.05) is 0 Å². The molecule has 0 aromatic heterocycles. The summed E-state index contributed by atoms with van der Waals surface area (Å²) in [4.78, 5) is 0. The van der Waals surface area contributed by atoms with Gasteiger partial charge in [-0.25, -0.2) is 0 Å². The molecule has 0 bridgehead atoms. The Kier molecular flexibility index (Phi) is 3.60. The van der Waals surface area contributed by atoms with Crippen LogP contribution in [0.25, 0.3) is 0 Å². The first-order valence-electron chi connectivity index (χ1n) is 7.90. The fourth-order valence-corrected chi connectivity index (χ4v) is 3.33. The van der Waals surface area contributed by atoms with Crippen molar-refractivity contribution in [1.82, 2.24) is 0 Å². The monoisotopic (exact) mass is 302 g/mol. The van der Waals surface area contributed by atoms with Crippen LogP contribution >= 0.6 is 0 Å². The molecule has 1 heterocycles. The molecule has 0 fully saturated rings. The second kappa shape index (κ2) is 5.90. The Bertz CT molecular complexity index is 765. The molecule has 0 radical (unpaired) electrons. The van der Waals surface area contributed by atoms with Crippen LogP contribution in [-0.2, 0) is 6.42 Å². The van der Waals surface area contributed by atoms with Gasteiger partial charge in [-0.3, -0.25) is 0 Å². The molecule has 0 spiro atoms. The largest absolute Gasteiger partial charge is 0.457 e. The molecule has 0 saturated carbocycles. The van der Waals surface area contributed by atoms with Gasteiger partial charge in [0.2, 0.25) is 0 Å². The van der Waals surface area contributed by atoms with E-state index in [9.17, 15) is 5.11 Å². The minimum absolute atomic E-state index is 0.0728. The van der Waals surface area contributed by atoms with Crippen molar-refractivity contribution in [1.29, 1.82) is 0 Å². The molecule has 3 aromatic rings. The fraction of sp³-hybridized carbons (Fsp3) is 0.143. The van der Waals surface area contributed by atoms with E-state index in [0.29, 0.717) is 6.42 Å². The van der Waals surface area contributed by atoms with Gasteiger partial charge in [-0.15, -0.1) is 0 Å². The van der Waals surface area contributed by atoms with Crippen LogP contribution in [0.1, 0.15) is 22.6 Å². The van der Waals surface area contributed by atoms with Crippen molar-refractivity contribution < 1.29 is 9.84 Å². The molecule has 4 rings (SSSR count). The van der Waals surface area contributed by atoms with Crippen molar-refractivity contribution in [3.8, 4) is 11.5 Å². The number of aliphatic hydroxyl groups excluding tert-OH is 1. The van der Waals surface area contributed by atoms with E-state index >= 15 is 0 Å². The van der Waals surface area contributed by atoms with Gasteiger partial charge in [0, 0.05) is 17.0 Å². The van der Waals surface area contributed by atoms with Crippen LogP contribution in [0, 0.1) is 0 Å². The van der Waals surface area contributed by atoms with Crippen molar-refractivity contribution in [2.24, 2.45) is 0 Å². The van der Waals surface area contributed by atoms with Gasteiger partial charge in [0.15, 0.2) is 0 Å². The molecule has 23 heavy (non-hydrogen) atoms. The van der Waals surface area contributed by atoms with Crippen LogP contribution in [0.2, 0.25) is 0 Å². The lowest BCUT2D eigenvalue weighted by Crippen LogP contribution is -2.25. The lowest BCUT2D eigenvalue weighted by molar-refractivity contribution is 0.152. The summed E-state index contributed by atoms with van der Waals surface area (Å²) < 4.78 is 6.00. The Morgan fingerprint density at radius 1 is 0.739 bits per heavy atom. The van der Waals surface area contributed by atoms with E-state index in [1.807, 2.05) is 66.7 Å². The van der Waals surface area contributed by atoms with Crippen LogP contribution in [-0.4, -0.2) is 11.2 Å². The third kappa shape index (κ3) is 2.62. The van der Waals surface area contributed by atoms with E-state index in [2.05, 4.69) is 12.1 Å². The first kappa shape index (κ1) is 14.0. The molecule has 1 N–H and O–H groups in total. The number of para-hydroxylation sites is 2. The van der Waals surface area contributed by atoms with E-state index in [4.69, 9.17) is 4.74 Å². The Morgan fingerprint density at radius 3 is 1.87 bits per heavy atom. The summed E-state index contributed by atoms with van der Waals surface area (Å²) in [5.41, 5.74) is 3.24. The van der Waals surface area contributed by atoms with Gasteiger partial charge < -0.3 is 9.84 Å². The highest BCUT2D eigenvalue weighted by Gasteiger charge is 2.32. The first-order valence-corrected chi connectivity index (χ1v) is 7.90. The maximum absolute atomic E-state index is 11.0. The Balaban J connectivity index is 1.75. The minimum atomic E-state index is -0.497. The van der Waals surface area contributed by atoms with E-state index < -0.39 is 6.10 Å². The molecule has 1 aliphatic heterocycles. The molecule has 1 aliphatic rings. The number of rotatable bonds is 3. The second-order valence-corrected chi connectivity index (χ2v) is 5.91. The number of benzene rings is 3. The van der Waals surface area contributed by atoms with Crippen LogP contribution in [0.4, 0.5) is 0 Å². The van der Waals surface area contributed by atoms with Crippen LogP contribution in [0.3, 0.4) is 0 Å². The number of fused-ring (bicyclic) bond motifs is 2. The number of ether oxygens (including phenoxy) is 1. The molecular formula is C21H18O2. The molecule has 0 aliphatic carbocycles. The molecular weight excluding hydrogens is 284 g/mol. The van der Waals surface area contributed by atoms with Crippen molar-refractivity contribution in [3.63, 3.8) is 0 Å². The number of hydrogen-bond acceptors (Lipinski definition) is 2. The number of aliphatic hydroxyl groups is 1. The zero-order chi connectivity index (χ0) is 15.6. The summed E-state index contributed by atoms with van der Waals surface area (Å²) >= 11 is 0. The number of hydrogen-bond donors (Lipinski definition) is 1. The summed E-state index contributed by atoms with van der Waals surface area (Å²) in [6.45, 7) is 0. The standard InChI is InChI=1S/C21H18O2/c22-18(14-15-8-2-1-3-9-15)21-16-10-4-6-12-19(16)23-20-13-7-5-11-17(20)21/h1-13,18,21-22H,14H2. The zero-order valence-electron chi connectivity index (χ0n) is 12.7. The Hall–Kier alpha value is -2.58. The molecule has 2 heteroatoms. The molecule has 114 valence electrons. The summed E-state index contributed by atoms with van der Waals surface area (Å²) in [5.74, 6) is 1.60. The van der Waals surface area contributed by atoms with Gasteiger partial charge >= 0.3 is 0 Å². The van der Waals surface area contributed by atoms with Crippen molar-refractivity contribution in [2.45, 2.75) is 18.4 Å². The van der Waals surface area contributed by atoms with Gasteiger partial charge in [-0.2, -0.15) is 0 Å². The molecule has 2 nitrogen and oxygen atoms in total. The molecule has 3 aromatic carbocycles. The normalized spacial score (nSPS) is 14.5. The van der Waals surface area contributed by atoms with Crippen LogP contribution in [0.5, 0.6) is 11.5 Å². The van der Waals surface area contributed by atoms with Gasteiger partial charge in [-0.1, -0.05) is 66.7 Å². The lowest BCUT2D eigenvalue weighted by atomic mass is 9.82. The highest BCUT2D eigenvalue weighted by Crippen LogP contribution is 2.45. The Morgan fingerprint density at radius 2 is 1.26 bits per heavy atom. The van der Waals surface area contributed by atoms with Crippen molar-refractivity contribution in [3.05, 3.63) is 95.6 Å². The smallest absolute Gasteiger partial charge is 0.131 e. The van der Waals surface area contributed by atoms with E-state index in [1.165, 1.54) is 0 Å². The zero-order valence-corrected chi connectivity index (χ0v) is 12.7. The second-order valence-electron chi connectivity index (χ2n) is 5.91. The van der Waals surface area contributed by atoms with E-state index in [0.717, 1.165) is 28.2 Å². The van der Waals surface area contributed by atoms with Crippen molar-refractivity contribution >= 4 is 0 Å². The molecule has 1 unspecified atom stereocenters.